The van der Waals surface area contributed by atoms with Crippen molar-refractivity contribution in [3.8, 4) is 0 Å². The number of anilines is 1. The molecule has 0 spiro atoms. The molecule has 33 heavy (non-hydrogen) atoms. The number of aromatic nitrogens is 2. The molecule has 1 saturated carbocycles. The molecule has 3 aromatic rings. The second-order valence-corrected chi connectivity index (χ2v) is 9.21. The second kappa shape index (κ2) is 9.79. The fraction of sp³-hybridized carbons (Fsp3) is 0.407. The molecule has 0 amide bonds. The molecule has 6 heteroatoms. The quantitative estimate of drug-likeness (QED) is 0.647. The number of rotatable bonds is 5. The first-order chi connectivity index (χ1) is 16.2. The summed E-state index contributed by atoms with van der Waals surface area (Å²) in [7, 11) is 0. The van der Waals surface area contributed by atoms with Crippen LogP contribution < -0.4 is 16.1 Å². The lowest BCUT2D eigenvalue weighted by Crippen LogP contribution is -2.49. The normalized spacial score (nSPS) is 18.0. The van der Waals surface area contributed by atoms with Crippen LogP contribution in [-0.4, -0.2) is 40.6 Å². The zero-order valence-electron chi connectivity index (χ0n) is 19.0. The first-order valence-corrected chi connectivity index (χ1v) is 12.2. The van der Waals surface area contributed by atoms with Crippen LogP contribution in [-0.2, 0) is 0 Å². The second-order valence-electron chi connectivity index (χ2n) is 9.21. The van der Waals surface area contributed by atoms with E-state index in [0.717, 1.165) is 51.9 Å². The molecule has 0 atom stereocenters. The minimum Gasteiger partial charge on any atom is -0.355 e. The average molecular weight is 445 g/mol. The van der Waals surface area contributed by atoms with Crippen molar-refractivity contribution in [1.29, 1.82) is 0 Å². The zero-order valence-corrected chi connectivity index (χ0v) is 19.0. The molecule has 2 aromatic carbocycles. The van der Waals surface area contributed by atoms with E-state index in [1.165, 1.54) is 22.1 Å². The fourth-order valence-electron chi connectivity index (χ4n) is 5.45. The Hall–Kier alpha value is -3.12. The van der Waals surface area contributed by atoms with Crippen LogP contribution in [0.25, 0.3) is 0 Å². The number of nitrogens with zero attached hydrogens (tertiary/aromatic N) is 3. The van der Waals surface area contributed by atoms with Crippen molar-refractivity contribution in [2.75, 3.05) is 31.1 Å². The maximum Gasteiger partial charge on any atom is 0.330 e. The molecule has 0 bridgehead atoms. The third kappa shape index (κ3) is 4.67. The van der Waals surface area contributed by atoms with Gasteiger partial charge in [-0.2, -0.15) is 0 Å². The van der Waals surface area contributed by atoms with Gasteiger partial charge in [-0.05, 0) is 24.0 Å². The minimum absolute atomic E-state index is 0.0402. The standard InChI is InChI=1S/C27H32N4O2/c32-25-20-24(28-27(33)31(25)23-14-8-3-9-15-23)29-16-18-30(19-17-29)26(21-10-4-1-5-11-21)22-12-6-2-7-13-22/h1-2,4-7,10-13,20,23,26H,3,8-9,14-19H2,(H,28,33). The van der Waals surface area contributed by atoms with E-state index in [0.29, 0.717) is 5.82 Å². The van der Waals surface area contributed by atoms with Crippen LogP contribution in [0.15, 0.2) is 76.3 Å². The molecular formula is C27H32N4O2. The molecule has 172 valence electrons. The van der Waals surface area contributed by atoms with Crippen LogP contribution in [0.2, 0.25) is 0 Å². The number of aromatic amines is 1. The zero-order chi connectivity index (χ0) is 22.6. The van der Waals surface area contributed by atoms with Gasteiger partial charge in [-0.3, -0.25) is 19.2 Å². The Morgan fingerprint density at radius 3 is 1.88 bits per heavy atom. The van der Waals surface area contributed by atoms with Crippen molar-refractivity contribution >= 4 is 5.82 Å². The molecule has 1 N–H and O–H groups in total. The van der Waals surface area contributed by atoms with Crippen LogP contribution >= 0.6 is 0 Å². The Kier molecular flexibility index (Phi) is 6.44. The largest absolute Gasteiger partial charge is 0.355 e. The SMILES string of the molecule is O=c1cc(N2CCN(C(c3ccccc3)c3ccccc3)CC2)[nH]c(=O)n1C1CCCCC1. The number of nitrogens with one attached hydrogen (secondary N) is 1. The maximum atomic E-state index is 12.9. The maximum absolute atomic E-state index is 12.9. The summed E-state index contributed by atoms with van der Waals surface area (Å²) in [6.07, 6.45) is 5.20. The van der Waals surface area contributed by atoms with Gasteiger partial charge in [0.15, 0.2) is 0 Å². The van der Waals surface area contributed by atoms with E-state index in [4.69, 9.17) is 0 Å². The van der Waals surface area contributed by atoms with Gasteiger partial charge in [0.2, 0.25) is 0 Å². The predicted octanol–water partition coefficient (Wildman–Crippen LogP) is 3.95. The van der Waals surface area contributed by atoms with E-state index in [1.807, 2.05) is 0 Å². The van der Waals surface area contributed by atoms with Crippen molar-refractivity contribution in [2.24, 2.45) is 0 Å². The number of hydrogen-bond acceptors (Lipinski definition) is 4. The van der Waals surface area contributed by atoms with Crippen molar-refractivity contribution < 1.29 is 0 Å². The summed E-state index contributed by atoms with van der Waals surface area (Å²) in [5, 5.41) is 0. The minimum atomic E-state index is -0.265. The third-order valence-corrected chi connectivity index (χ3v) is 7.14. The Bertz CT molecular complexity index is 1090. The summed E-state index contributed by atoms with van der Waals surface area (Å²) < 4.78 is 1.44. The Balaban J connectivity index is 1.34. The number of H-pyrrole nitrogens is 1. The molecule has 1 saturated heterocycles. The molecule has 2 aliphatic rings. The molecule has 6 nitrogen and oxygen atoms in total. The lowest BCUT2D eigenvalue weighted by molar-refractivity contribution is 0.212. The highest BCUT2D eigenvalue weighted by atomic mass is 16.2. The van der Waals surface area contributed by atoms with Gasteiger partial charge in [-0.25, -0.2) is 4.79 Å². The summed E-state index contributed by atoms with van der Waals surface area (Å²) in [6, 6.07) is 23.1. The van der Waals surface area contributed by atoms with Crippen LogP contribution in [0.5, 0.6) is 0 Å². The van der Waals surface area contributed by atoms with E-state index in [9.17, 15) is 9.59 Å². The highest BCUT2D eigenvalue weighted by molar-refractivity contribution is 5.38. The summed E-state index contributed by atoms with van der Waals surface area (Å²) in [5.74, 6) is 0.646. The van der Waals surface area contributed by atoms with Crippen LogP contribution in [0.4, 0.5) is 5.82 Å². The van der Waals surface area contributed by atoms with Crippen LogP contribution in [0.3, 0.4) is 0 Å². The van der Waals surface area contributed by atoms with Gasteiger partial charge in [0, 0.05) is 38.3 Å². The topological polar surface area (TPSA) is 61.3 Å². The smallest absolute Gasteiger partial charge is 0.330 e. The highest BCUT2D eigenvalue weighted by Crippen LogP contribution is 2.30. The van der Waals surface area contributed by atoms with Gasteiger partial charge < -0.3 is 4.90 Å². The highest BCUT2D eigenvalue weighted by Gasteiger charge is 2.27. The van der Waals surface area contributed by atoms with Gasteiger partial charge in [-0.15, -0.1) is 0 Å². The fourth-order valence-corrected chi connectivity index (χ4v) is 5.45. The monoisotopic (exact) mass is 444 g/mol. The van der Waals surface area contributed by atoms with E-state index in [1.54, 1.807) is 6.07 Å². The molecule has 2 heterocycles. The van der Waals surface area contributed by atoms with Crippen LogP contribution in [0, 0.1) is 0 Å². The summed E-state index contributed by atoms with van der Waals surface area (Å²) in [4.78, 5) is 33.3. The lowest BCUT2D eigenvalue weighted by Gasteiger charge is -2.40. The van der Waals surface area contributed by atoms with Gasteiger partial charge in [0.25, 0.3) is 5.56 Å². The van der Waals surface area contributed by atoms with Crippen LogP contribution in [0.1, 0.15) is 55.3 Å². The number of benzene rings is 2. The van der Waals surface area contributed by atoms with Gasteiger partial charge in [0.05, 0.1) is 6.04 Å². The molecule has 5 rings (SSSR count). The van der Waals surface area contributed by atoms with Gasteiger partial charge in [0.1, 0.15) is 5.82 Å². The number of piperazine rings is 1. The first-order valence-electron chi connectivity index (χ1n) is 12.2. The van der Waals surface area contributed by atoms with Gasteiger partial charge in [-0.1, -0.05) is 79.9 Å². The molecule has 0 radical (unpaired) electrons. The molecule has 0 unspecified atom stereocenters. The molecule has 1 aliphatic heterocycles. The average Bonchev–Trinajstić information content (AvgIpc) is 2.86. The predicted molar refractivity (Wildman–Crippen MR) is 132 cm³/mol. The lowest BCUT2D eigenvalue weighted by atomic mass is 9.95. The van der Waals surface area contributed by atoms with Crippen molar-refractivity contribution in [2.45, 2.75) is 44.2 Å². The molecule has 1 aliphatic carbocycles. The van der Waals surface area contributed by atoms with E-state index < -0.39 is 0 Å². The molecule has 1 aromatic heterocycles. The Labute approximate surface area is 194 Å². The van der Waals surface area contributed by atoms with Crippen molar-refractivity contribution in [3.63, 3.8) is 0 Å². The van der Waals surface area contributed by atoms with Crippen molar-refractivity contribution in [3.05, 3.63) is 98.7 Å². The molecular weight excluding hydrogens is 412 g/mol. The summed E-state index contributed by atoms with van der Waals surface area (Å²) >= 11 is 0. The summed E-state index contributed by atoms with van der Waals surface area (Å²) in [6.45, 7) is 3.22. The van der Waals surface area contributed by atoms with Crippen molar-refractivity contribution in [1.82, 2.24) is 14.5 Å². The Morgan fingerprint density at radius 2 is 1.33 bits per heavy atom. The number of hydrogen-bond donors (Lipinski definition) is 1. The van der Waals surface area contributed by atoms with E-state index in [-0.39, 0.29) is 23.3 Å². The Morgan fingerprint density at radius 1 is 0.758 bits per heavy atom. The van der Waals surface area contributed by atoms with E-state index >= 15 is 0 Å². The third-order valence-electron chi connectivity index (χ3n) is 7.14. The molecule has 2 fully saturated rings. The van der Waals surface area contributed by atoms with Gasteiger partial charge >= 0.3 is 5.69 Å². The van der Waals surface area contributed by atoms with E-state index in [2.05, 4.69) is 75.4 Å². The summed E-state index contributed by atoms with van der Waals surface area (Å²) in [5.41, 5.74) is 2.12. The first kappa shape index (κ1) is 21.7.